The highest BCUT2D eigenvalue weighted by molar-refractivity contribution is 5.81. The van der Waals surface area contributed by atoms with Crippen molar-refractivity contribution in [3.8, 4) is 0 Å². The standard InChI is InChI=1S/C11H18O2/c1-9(12)11(2,3)7-6-10-5-4-8-13-10/h6H,4-5,7-8H2,1-3H3/b10-6+. The van der Waals surface area contributed by atoms with Crippen molar-refractivity contribution in [1.82, 2.24) is 0 Å². The Morgan fingerprint density at radius 3 is 2.77 bits per heavy atom. The lowest BCUT2D eigenvalue weighted by Crippen LogP contribution is -2.20. The summed E-state index contributed by atoms with van der Waals surface area (Å²) >= 11 is 0. The van der Waals surface area contributed by atoms with Gasteiger partial charge in [0, 0.05) is 11.8 Å². The van der Waals surface area contributed by atoms with Gasteiger partial charge in [0.15, 0.2) is 0 Å². The molecule has 13 heavy (non-hydrogen) atoms. The van der Waals surface area contributed by atoms with E-state index < -0.39 is 0 Å². The molecular weight excluding hydrogens is 164 g/mol. The Labute approximate surface area is 80.0 Å². The first kappa shape index (κ1) is 10.3. The van der Waals surface area contributed by atoms with E-state index in [9.17, 15) is 4.79 Å². The number of hydrogen-bond donors (Lipinski definition) is 0. The Hall–Kier alpha value is -0.790. The van der Waals surface area contributed by atoms with Gasteiger partial charge in [-0.1, -0.05) is 13.8 Å². The molecule has 0 amide bonds. The van der Waals surface area contributed by atoms with Gasteiger partial charge >= 0.3 is 0 Å². The van der Waals surface area contributed by atoms with Gasteiger partial charge < -0.3 is 4.74 Å². The summed E-state index contributed by atoms with van der Waals surface area (Å²) < 4.78 is 5.38. The van der Waals surface area contributed by atoms with E-state index in [1.807, 2.05) is 13.8 Å². The SMILES string of the molecule is CC(=O)C(C)(C)C/C=C1\CCCO1. The first-order valence-corrected chi connectivity index (χ1v) is 4.85. The molecule has 0 spiro atoms. The second-order valence-corrected chi connectivity index (χ2v) is 4.27. The van der Waals surface area contributed by atoms with E-state index >= 15 is 0 Å². The number of rotatable bonds is 3. The molecule has 0 aromatic carbocycles. The summed E-state index contributed by atoms with van der Waals surface area (Å²) in [5.74, 6) is 1.30. The lowest BCUT2D eigenvalue weighted by atomic mass is 9.85. The monoisotopic (exact) mass is 182 g/mol. The van der Waals surface area contributed by atoms with Gasteiger partial charge in [-0.3, -0.25) is 4.79 Å². The van der Waals surface area contributed by atoms with Gasteiger partial charge in [-0.15, -0.1) is 0 Å². The van der Waals surface area contributed by atoms with Crippen LogP contribution in [-0.4, -0.2) is 12.4 Å². The maximum atomic E-state index is 11.2. The molecule has 1 rings (SSSR count). The quantitative estimate of drug-likeness (QED) is 0.670. The lowest BCUT2D eigenvalue weighted by Gasteiger charge is -2.18. The minimum absolute atomic E-state index is 0.237. The summed E-state index contributed by atoms with van der Waals surface area (Å²) in [5.41, 5.74) is -0.237. The van der Waals surface area contributed by atoms with Crippen LogP contribution >= 0.6 is 0 Å². The fraction of sp³-hybridized carbons (Fsp3) is 0.727. The molecule has 2 nitrogen and oxygen atoms in total. The molecule has 0 aromatic rings. The molecule has 0 atom stereocenters. The minimum atomic E-state index is -0.237. The molecule has 1 fully saturated rings. The highest BCUT2D eigenvalue weighted by Gasteiger charge is 2.22. The van der Waals surface area contributed by atoms with Crippen molar-refractivity contribution in [3.05, 3.63) is 11.8 Å². The van der Waals surface area contributed by atoms with Crippen molar-refractivity contribution in [2.75, 3.05) is 6.61 Å². The van der Waals surface area contributed by atoms with E-state index in [1.54, 1.807) is 6.92 Å². The lowest BCUT2D eigenvalue weighted by molar-refractivity contribution is -0.124. The van der Waals surface area contributed by atoms with Crippen LogP contribution in [0.1, 0.15) is 40.0 Å². The van der Waals surface area contributed by atoms with Crippen LogP contribution < -0.4 is 0 Å². The molecule has 0 aliphatic carbocycles. The first-order valence-electron chi connectivity index (χ1n) is 4.85. The second kappa shape index (κ2) is 3.95. The molecule has 0 bridgehead atoms. The average molecular weight is 182 g/mol. The molecular formula is C11H18O2. The summed E-state index contributed by atoms with van der Waals surface area (Å²) in [4.78, 5) is 11.2. The van der Waals surface area contributed by atoms with Gasteiger partial charge in [0.25, 0.3) is 0 Å². The Bertz CT molecular complexity index is 218. The fourth-order valence-electron chi connectivity index (χ4n) is 1.20. The Morgan fingerprint density at radius 2 is 2.31 bits per heavy atom. The Morgan fingerprint density at radius 1 is 1.62 bits per heavy atom. The van der Waals surface area contributed by atoms with E-state index in [4.69, 9.17) is 4.74 Å². The van der Waals surface area contributed by atoms with Gasteiger partial charge in [0.1, 0.15) is 5.78 Å². The van der Waals surface area contributed by atoms with Gasteiger partial charge in [0.05, 0.1) is 12.4 Å². The Kier molecular flexibility index (Phi) is 3.12. The third-order valence-electron chi connectivity index (χ3n) is 2.65. The maximum Gasteiger partial charge on any atom is 0.135 e. The van der Waals surface area contributed by atoms with E-state index in [0.29, 0.717) is 0 Å². The summed E-state index contributed by atoms with van der Waals surface area (Å²) in [7, 11) is 0. The molecule has 0 radical (unpaired) electrons. The van der Waals surface area contributed by atoms with Crippen LogP contribution in [0.15, 0.2) is 11.8 Å². The molecule has 1 aliphatic rings. The second-order valence-electron chi connectivity index (χ2n) is 4.27. The third kappa shape index (κ3) is 2.87. The highest BCUT2D eigenvalue weighted by Crippen LogP contribution is 2.25. The number of allylic oxidation sites excluding steroid dienone is 2. The number of ether oxygens (including phenoxy) is 1. The van der Waals surface area contributed by atoms with E-state index in [0.717, 1.165) is 31.6 Å². The van der Waals surface area contributed by atoms with E-state index in [2.05, 4.69) is 6.08 Å². The van der Waals surface area contributed by atoms with Crippen molar-refractivity contribution in [2.24, 2.45) is 5.41 Å². The van der Waals surface area contributed by atoms with E-state index in [-0.39, 0.29) is 11.2 Å². The molecule has 1 saturated heterocycles. The zero-order valence-corrected chi connectivity index (χ0v) is 8.72. The zero-order chi connectivity index (χ0) is 9.90. The fourth-order valence-corrected chi connectivity index (χ4v) is 1.20. The molecule has 1 aliphatic heterocycles. The predicted molar refractivity (Wildman–Crippen MR) is 52.3 cm³/mol. The summed E-state index contributed by atoms with van der Waals surface area (Å²) in [6.45, 7) is 6.43. The van der Waals surface area contributed by atoms with Gasteiger partial charge in [-0.25, -0.2) is 0 Å². The zero-order valence-electron chi connectivity index (χ0n) is 8.72. The largest absolute Gasteiger partial charge is 0.498 e. The first-order chi connectivity index (χ1) is 6.02. The maximum absolute atomic E-state index is 11.2. The highest BCUT2D eigenvalue weighted by atomic mass is 16.5. The van der Waals surface area contributed by atoms with Crippen LogP contribution in [0.25, 0.3) is 0 Å². The Balaban J connectivity index is 2.48. The molecule has 1 heterocycles. The van der Waals surface area contributed by atoms with Gasteiger partial charge in [0.2, 0.25) is 0 Å². The van der Waals surface area contributed by atoms with Crippen LogP contribution in [0.5, 0.6) is 0 Å². The molecule has 2 heteroatoms. The van der Waals surface area contributed by atoms with Crippen molar-refractivity contribution in [3.63, 3.8) is 0 Å². The average Bonchev–Trinajstić information content (AvgIpc) is 2.52. The van der Waals surface area contributed by atoms with Crippen molar-refractivity contribution in [1.29, 1.82) is 0 Å². The van der Waals surface area contributed by atoms with Crippen LogP contribution in [0.2, 0.25) is 0 Å². The molecule has 0 unspecified atom stereocenters. The number of ketones is 1. The minimum Gasteiger partial charge on any atom is -0.498 e. The molecule has 74 valence electrons. The smallest absolute Gasteiger partial charge is 0.135 e. The predicted octanol–water partition coefficient (Wildman–Crippen LogP) is 2.69. The number of Topliss-reactive ketones (excluding diaryl/α,β-unsaturated/α-hetero) is 1. The molecule has 0 N–H and O–H groups in total. The van der Waals surface area contributed by atoms with Crippen molar-refractivity contribution >= 4 is 5.78 Å². The summed E-state index contributed by atoms with van der Waals surface area (Å²) in [6.07, 6.45) is 5.01. The number of carbonyl (C=O) groups excluding carboxylic acids is 1. The van der Waals surface area contributed by atoms with Crippen molar-refractivity contribution < 1.29 is 9.53 Å². The van der Waals surface area contributed by atoms with Gasteiger partial charge in [-0.05, 0) is 25.8 Å². The van der Waals surface area contributed by atoms with Crippen LogP contribution in [0.3, 0.4) is 0 Å². The summed E-state index contributed by atoms with van der Waals surface area (Å²) in [6, 6.07) is 0. The molecule has 0 aromatic heterocycles. The van der Waals surface area contributed by atoms with Crippen LogP contribution in [-0.2, 0) is 9.53 Å². The third-order valence-corrected chi connectivity index (χ3v) is 2.65. The van der Waals surface area contributed by atoms with Gasteiger partial charge in [-0.2, -0.15) is 0 Å². The topological polar surface area (TPSA) is 26.3 Å². The number of carbonyl (C=O) groups is 1. The normalized spacial score (nSPS) is 20.4. The van der Waals surface area contributed by atoms with Crippen LogP contribution in [0.4, 0.5) is 0 Å². The van der Waals surface area contributed by atoms with Crippen LogP contribution in [0, 0.1) is 5.41 Å². The van der Waals surface area contributed by atoms with E-state index in [1.165, 1.54) is 0 Å². The molecule has 0 saturated carbocycles. The van der Waals surface area contributed by atoms with Crippen molar-refractivity contribution in [2.45, 2.75) is 40.0 Å². The number of hydrogen-bond acceptors (Lipinski definition) is 2. The summed E-state index contributed by atoms with van der Waals surface area (Å²) in [5, 5.41) is 0.